The van der Waals surface area contributed by atoms with Crippen molar-refractivity contribution in [2.45, 2.75) is 56.8 Å². The van der Waals surface area contributed by atoms with E-state index in [1.807, 2.05) is 0 Å². The number of aromatic nitrogens is 1. The summed E-state index contributed by atoms with van der Waals surface area (Å²) in [6.45, 7) is 7.62. The number of fused-ring (bicyclic) bond motifs is 1. The molecular weight excluding hydrogens is 394 g/mol. The molecule has 0 saturated heterocycles. The fourth-order valence-electron chi connectivity index (χ4n) is 2.65. The van der Waals surface area contributed by atoms with Gasteiger partial charge in [-0.3, -0.25) is 4.98 Å². The van der Waals surface area contributed by atoms with Crippen LogP contribution in [-0.2, 0) is 19.6 Å². The average molecular weight is 424 g/mol. The molecule has 0 saturated carbocycles. The van der Waals surface area contributed by atoms with Crippen molar-refractivity contribution in [3.05, 3.63) is 36.7 Å². The van der Waals surface area contributed by atoms with Crippen LogP contribution in [0, 0.1) is 0 Å². The molecule has 0 aliphatic rings. The Morgan fingerprint density at radius 2 is 1.97 bits per heavy atom. The number of benzene rings is 1. The predicted molar refractivity (Wildman–Crippen MR) is 111 cm³/mol. The Morgan fingerprint density at radius 1 is 1.24 bits per heavy atom. The van der Waals surface area contributed by atoms with Crippen molar-refractivity contribution in [3.8, 4) is 0 Å². The van der Waals surface area contributed by atoms with Crippen molar-refractivity contribution in [3.63, 3.8) is 0 Å². The maximum absolute atomic E-state index is 12.6. The van der Waals surface area contributed by atoms with E-state index in [4.69, 9.17) is 4.74 Å². The number of aliphatic hydroxyl groups excluding tert-OH is 1. The number of ether oxygens (including phenoxy) is 1. The molecule has 2 rings (SSSR count). The highest BCUT2D eigenvalue weighted by Crippen LogP contribution is 2.18. The Hall–Kier alpha value is -2.07. The second kappa shape index (κ2) is 9.62. The largest absolute Gasteiger partial charge is 0.458 e. The lowest BCUT2D eigenvalue weighted by molar-refractivity contribution is -0.165. The zero-order chi connectivity index (χ0) is 21.7. The molecule has 0 bridgehead atoms. The Balaban J connectivity index is 1.82. The topological polar surface area (TPSA) is 118 Å². The highest BCUT2D eigenvalue weighted by Gasteiger charge is 2.23. The smallest absolute Gasteiger partial charge is 0.335 e. The summed E-state index contributed by atoms with van der Waals surface area (Å²) in [5.41, 5.74) is -0.655. The van der Waals surface area contributed by atoms with Gasteiger partial charge in [0.05, 0.1) is 4.90 Å². The summed E-state index contributed by atoms with van der Waals surface area (Å²) < 4.78 is 32.9. The number of nitrogens with one attached hydrogen (secondary N) is 2. The fourth-order valence-corrected chi connectivity index (χ4v) is 3.93. The number of rotatable bonds is 9. The summed E-state index contributed by atoms with van der Waals surface area (Å²) in [6, 6.07) is 6.25. The first-order chi connectivity index (χ1) is 13.5. The minimum atomic E-state index is -3.67. The lowest BCUT2D eigenvalue weighted by Gasteiger charge is -2.22. The van der Waals surface area contributed by atoms with Gasteiger partial charge in [0.1, 0.15) is 5.60 Å². The van der Waals surface area contributed by atoms with E-state index in [1.165, 1.54) is 0 Å². The van der Waals surface area contributed by atoms with E-state index in [0.717, 1.165) is 10.8 Å². The molecule has 0 amide bonds. The quantitative estimate of drug-likeness (QED) is 0.414. The Bertz CT molecular complexity index is 941. The second-order valence-electron chi connectivity index (χ2n) is 7.95. The molecule has 0 fully saturated rings. The molecule has 1 heterocycles. The minimum absolute atomic E-state index is 0.174. The number of carbonyl (C=O) groups excluding carboxylic acids is 1. The molecule has 2 aromatic rings. The van der Waals surface area contributed by atoms with Crippen LogP contribution in [0.2, 0.25) is 0 Å². The molecular formula is C20H29N3O5S. The summed E-state index contributed by atoms with van der Waals surface area (Å²) in [5.74, 6) is -0.667. The molecule has 0 radical (unpaired) electrons. The fraction of sp³-hybridized carbons (Fsp3) is 0.500. The number of nitrogens with zero attached hydrogens (tertiary/aromatic N) is 1. The summed E-state index contributed by atoms with van der Waals surface area (Å²) in [4.78, 5) is 15.9. The first kappa shape index (κ1) is 23.2. The Kier molecular flexibility index (Phi) is 7.70. The number of hydrogen-bond donors (Lipinski definition) is 3. The summed E-state index contributed by atoms with van der Waals surface area (Å²) in [6.07, 6.45) is 2.25. The molecule has 2 unspecified atom stereocenters. The zero-order valence-electron chi connectivity index (χ0n) is 17.2. The van der Waals surface area contributed by atoms with Crippen molar-refractivity contribution in [2.75, 3.05) is 13.1 Å². The van der Waals surface area contributed by atoms with Gasteiger partial charge in [-0.1, -0.05) is 6.07 Å². The van der Waals surface area contributed by atoms with Crippen LogP contribution in [0.1, 0.15) is 34.1 Å². The van der Waals surface area contributed by atoms with Crippen molar-refractivity contribution >= 4 is 26.8 Å². The SMILES string of the molecule is CC(CNCCC(O)C(=O)OC(C)(C)C)NS(=O)(=O)c1ccc2cnccc2c1. The van der Waals surface area contributed by atoms with Crippen LogP contribution in [0.5, 0.6) is 0 Å². The zero-order valence-corrected chi connectivity index (χ0v) is 18.0. The molecule has 0 aliphatic heterocycles. The van der Waals surface area contributed by atoms with Gasteiger partial charge in [0, 0.05) is 30.4 Å². The standard InChI is InChI=1S/C20H29N3O5S/c1-14(12-21-10-8-18(24)19(25)28-20(2,3)4)23-29(26,27)17-6-5-16-13-22-9-7-15(16)11-17/h5-7,9,11,13-14,18,21,23-24H,8,10,12H2,1-4H3. The van der Waals surface area contributed by atoms with Crippen LogP contribution in [0.3, 0.4) is 0 Å². The van der Waals surface area contributed by atoms with Crippen LogP contribution in [0.4, 0.5) is 0 Å². The highest BCUT2D eigenvalue weighted by atomic mass is 32.2. The van der Waals surface area contributed by atoms with Gasteiger partial charge in [0.25, 0.3) is 0 Å². The van der Waals surface area contributed by atoms with Crippen molar-refractivity contribution in [2.24, 2.45) is 0 Å². The normalized spacial score (nSPS) is 14.5. The molecule has 160 valence electrons. The van der Waals surface area contributed by atoms with Crippen molar-refractivity contribution in [1.82, 2.24) is 15.0 Å². The maximum atomic E-state index is 12.6. The van der Waals surface area contributed by atoms with Gasteiger partial charge in [-0.05, 0) is 64.2 Å². The molecule has 3 N–H and O–H groups in total. The third-order valence-electron chi connectivity index (χ3n) is 4.00. The second-order valence-corrected chi connectivity index (χ2v) is 9.66. The van der Waals surface area contributed by atoms with Crippen LogP contribution >= 0.6 is 0 Å². The highest BCUT2D eigenvalue weighted by molar-refractivity contribution is 7.89. The van der Waals surface area contributed by atoms with Crippen molar-refractivity contribution < 1.29 is 23.1 Å². The van der Waals surface area contributed by atoms with Gasteiger partial charge >= 0.3 is 5.97 Å². The number of carbonyl (C=O) groups is 1. The summed E-state index contributed by atoms with van der Waals surface area (Å²) in [5, 5.41) is 14.5. The van der Waals surface area contributed by atoms with Gasteiger partial charge in [-0.25, -0.2) is 17.9 Å². The predicted octanol–water partition coefficient (Wildman–Crippen LogP) is 1.58. The third-order valence-corrected chi connectivity index (χ3v) is 5.59. The Morgan fingerprint density at radius 3 is 2.66 bits per heavy atom. The molecule has 0 aliphatic carbocycles. The number of sulfonamides is 1. The Labute approximate surface area is 171 Å². The van der Waals surface area contributed by atoms with E-state index in [-0.39, 0.29) is 17.4 Å². The van der Waals surface area contributed by atoms with Gasteiger partial charge in [0.15, 0.2) is 6.10 Å². The molecule has 9 heteroatoms. The van der Waals surface area contributed by atoms with E-state index in [9.17, 15) is 18.3 Å². The monoisotopic (exact) mass is 423 g/mol. The summed E-state index contributed by atoms with van der Waals surface area (Å²) in [7, 11) is -3.67. The minimum Gasteiger partial charge on any atom is -0.458 e. The average Bonchev–Trinajstić information content (AvgIpc) is 2.62. The van der Waals surface area contributed by atoms with Gasteiger partial charge in [-0.15, -0.1) is 0 Å². The lowest BCUT2D eigenvalue weighted by atomic mass is 10.2. The number of hydrogen-bond acceptors (Lipinski definition) is 7. The van der Waals surface area contributed by atoms with E-state index in [0.29, 0.717) is 13.1 Å². The first-order valence-corrected chi connectivity index (χ1v) is 10.9. The van der Waals surface area contributed by atoms with Gasteiger partial charge < -0.3 is 15.2 Å². The summed E-state index contributed by atoms with van der Waals surface area (Å²) >= 11 is 0. The number of aliphatic hydroxyl groups is 1. The van der Waals surface area contributed by atoms with Crippen LogP contribution in [0.15, 0.2) is 41.6 Å². The first-order valence-electron chi connectivity index (χ1n) is 9.46. The molecule has 8 nitrogen and oxygen atoms in total. The van der Waals surface area contributed by atoms with E-state index in [2.05, 4.69) is 15.0 Å². The maximum Gasteiger partial charge on any atom is 0.335 e. The number of esters is 1. The molecule has 0 spiro atoms. The van der Waals surface area contributed by atoms with E-state index >= 15 is 0 Å². The van der Waals surface area contributed by atoms with E-state index in [1.54, 1.807) is 64.4 Å². The van der Waals surface area contributed by atoms with Crippen LogP contribution < -0.4 is 10.0 Å². The van der Waals surface area contributed by atoms with E-state index < -0.39 is 27.7 Å². The third kappa shape index (κ3) is 7.36. The van der Waals surface area contributed by atoms with Crippen LogP contribution in [0.25, 0.3) is 10.8 Å². The van der Waals surface area contributed by atoms with Crippen LogP contribution in [-0.4, -0.2) is 55.3 Å². The van der Waals surface area contributed by atoms with Crippen molar-refractivity contribution in [1.29, 1.82) is 0 Å². The number of pyridine rings is 1. The lowest BCUT2D eigenvalue weighted by Crippen LogP contribution is -2.41. The molecule has 1 aromatic carbocycles. The molecule has 2 atom stereocenters. The molecule has 1 aromatic heterocycles. The molecule has 29 heavy (non-hydrogen) atoms. The van der Waals surface area contributed by atoms with Gasteiger partial charge in [-0.2, -0.15) is 0 Å². The van der Waals surface area contributed by atoms with Gasteiger partial charge in [0.2, 0.25) is 10.0 Å².